The predicted molar refractivity (Wildman–Crippen MR) is 81.4 cm³/mol. The van der Waals surface area contributed by atoms with E-state index in [1.54, 1.807) is 20.5 Å². The maximum atomic E-state index is 6.49. The normalized spacial score (nSPS) is 12.3. The first-order valence-electron chi connectivity index (χ1n) is 5.36. The minimum absolute atomic E-state index is 0.359. The van der Waals surface area contributed by atoms with Crippen LogP contribution in [0.3, 0.4) is 0 Å². The van der Waals surface area contributed by atoms with Crippen LogP contribution < -0.4 is 9.47 Å². The van der Waals surface area contributed by atoms with Gasteiger partial charge in [-0.15, -0.1) is 11.6 Å². The van der Waals surface area contributed by atoms with Crippen LogP contribution in [0.1, 0.15) is 16.5 Å². The Morgan fingerprint density at radius 3 is 2.26 bits per heavy atom. The molecule has 1 unspecified atom stereocenters. The van der Waals surface area contributed by atoms with Crippen molar-refractivity contribution in [2.24, 2.45) is 0 Å². The average molecular weight is 410 g/mol. The van der Waals surface area contributed by atoms with E-state index in [4.69, 9.17) is 25.5 Å². The Hall–Kier alpha value is -0.650. The van der Waals surface area contributed by atoms with Gasteiger partial charge >= 0.3 is 0 Å². The van der Waals surface area contributed by atoms with Crippen molar-refractivity contribution in [3.8, 4) is 11.5 Å². The molecule has 0 aliphatic rings. The van der Waals surface area contributed by atoms with E-state index in [0.717, 1.165) is 15.6 Å². The highest BCUT2D eigenvalue weighted by molar-refractivity contribution is 9.10. The van der Waals surface area contributed by atoms with Gasteiger partial charge in [0.15, 0.2) is 16.2 Å². The van der Waals surface area contributed by atoms with E-state index < -0.39 is 0 Å². The summed E-state index contributed by atoms with van der Waals surface area (Å²) >= 11 is 13.3. The third-order valence-electron chi connectivity index (χ3n) is 2.70. The molecule has 3 nitrogen and oxygen atoms in total. The summed E-state index contributed by atoms with van der Waals surface area (Å²) in [6, 6.07) is 5.50. The SMILES string of the molecule is COc1cc(Br)c(C(Cl)c2ccoc2Br)cc1OC. The van der Waals surface area contributed by atoms with Crippen LogP contribution in [0.2, 0.25) is 0 Å². The molecule has 2 rings (SSSR count). The average Bonchev–Trinajstić information content (AvgIpc) is 2.83. The summed E-state index contributed by atoms with van der Waals surface area (Å²) in [6.45, 7) is 0. The van der Waals surface area contributed by atoms with Crippen LogP contribution in [0.4, 0.5) is 0 Å². The first-order valence-corrected chi connectivity index (χ1v) is 7.39. The van der Waals surface area contributed by atoms with Gasteiger partial charge in [-0.3, -0.25) is 0 Å². The van der Waals surface area contributed by atoms with Crippen LogP contribution in [-0.2, 0) is 0 Å². The molecule has 0 radical (unpaired) electrons. The van der Waals surface area contributed by atoms with Crippen molar-refractivity contribution in [3.63, 3.8) is 0 Å². The van der Waals surface area contributed by atoms with Gasteiger partial charge in [-0.05, 0) is 39.7 Å². The highest BCUT2D eigenvalue weighted by Crippen LogP contribution is 2.42. The number of benzene rings is 1. The zero-order valence-electron chi connectivity index (χ0n) is 10.2. The number of alkyl halides is 1. The fourth-order valence-corrected chi connectivity index (χ4v) is 3.35. The molecule has 2 aromatic rings. The van der Waals surface area contributed by atoms with Gasteiger partial charge in [0.05, 0.1) is 25.9 Å². The topological polar surface area (TPSA) is 31.6 Å². The molecule has 19 heavy (non-hydrogen) atoms. The summed E-state index contributed by atoms with van der Waals surface area (Å²) in [4.78, 5) is 0. The van der Waals surface area contributed by atoms with Gasteiger partial charge in [-0.25, -0.2) is 0 Å². The Balaban J connectivity index is 2.48. The van der Waals surface area contributed by atoms with E-state index in [1.807, 2.05) is 18.2 Å². The molecule has 1 heterocycles. The predicted octanol–water partition coefficient (Wildman–Crippen LogP) is 5.15. The molecule has 1 aromatic heterocycles. The number of ether oxygens (including phenoxy) is 2. The van der Waals surface area contributed by atoms with Crippen LogP contribution >= 0.6 is 43.5 Å². The number of furan rings is 1. The third kappa shape index (κ3) is 2.93. The highest BCUT2D eigenvalue weighted by atomic mass is 79.9. The zero-order chi connectivity index (χ0) is 14.0. The Morgan fingerprint density at radius 1 is 1.11 bits per heavy atom. The lowest BCUT2D eigenvalue weighted by molar-refractivity contribution is 0.354. The van der Waals surface area contributed by atoms with Crippen LogP contribution in [0.15, 0.2) is 38.0 Å². The Labute approximate surface area is 133 Å². The van der Waals surface area contributed by atoms with E-state index in [2.05, 4.69) is 31.9 Å². The summed E-state index contributed by atoms with van der Waals surface area (Å²) in [6.07, 6.45) is 1.59. The molecule has 0 saturated carbocycles. The summed E-state index contributed by atoms with van der Waals surface area (Å²) in [7, 11) is 3.18. The third-order valence-corrected chi connectivity index (χ3v) is 4.50. The van der Waals surface area contributed by atoms with Crippen LogP contribution in [-0.4, -0.2) is 14.2 Å². The van der Waals surface area contributed by atoms with Crippen molar-refractivity contribution in [2.45, 2.75) is 5.38 Å². The van der Waals surface area contributed by atoms with Crippen molar-refractivity contribution in [1.82, 2.24) is 0 Å². The minimum atomic E-state index is -0.359. The number of rotatable bonds is 4. The molecule has 1 aromatic carbocycles. The number of methoxy groups -OCH3 is 2. The molecule has 0 fully saturated rings. The van der Waals surface area contributed by atoms with Gasteiger partial charge in [0.2, 0.25) is 0 Å². The highest BCUT2D eigenvalue weighted by Gasteiger charge is 2.21. The van der Waals surface area contributed by atoms with Crippen molar-refractivity contribution in [1.29, 1.82) is 0 Å². The quantitative estimate of drug-likeness (QED) is 0.654. The second kappa shape index (κ2) is 6.20. The fourth-order valence-electron chi connectivity index (χ4n) is 1.72. The lowest BCUT2D eigenvalue weighted by Gasteiger charge is -2.15. The largest absolute Gasteiger partial charge is 0.493 e. The molecule has 0 amide bonds. The van der Waals surface area contributed by atoms with Gasteiger partial charge in [0, 0.05) is 10.0 Å². The summed E-state index contributed by atoms with van der Waals surface area (Å²) in [5.74, 6) is 1.28. The second-order valence-electron chi connectivity index (χ2n) is 3.74. The summed E-state index contributed by atoms with van der Waals surface area (Å²) in [5.41, 5.74) is 1.73. The zero-order valence-corrected chi connectivity index (χ0v) is 14.2. The van der Waals surface area contributed by atoms with Crippen LogP contribution in [0, 0.1) is 0 Å². The van der Waals surface area contributed by atoms with Gasteiger partial charge in [0.25, 0.3) is 0 Å². The second-order valence-corrected chi connectivity index (χ2v) is 5.75. The molecule has 0 spiro atoms. The first-order chi connectivity index (χ1) is 9.08. The maximum absolute atomic E-state index is 6.49. The molecule has 0 aliphatic carbocycles. The molecule has 0 saturated heterocycles. The standard InChI is InChI=1S/C13H11Br2ClO3/c1-17-10-5-8(9(14)6-11(10)18-2)12(16)7-3-4-19-13(7)15/h3-6,12H,1-2H3. The lowest BCUT2D eigenvalue weighted by Crippen LogP contribution is -1.97. The molecule has 0 aliphatic heterocycles. The van der Waals surface area contributed by atoms with Crippen molar-refractivity contribution in [3.05, 3.63) is 44.7 Å². The van der Waals surface area contributed by atoms with Gasteiger partial charge in [-0.2, -0.15) is 0 Å². The Morgan fingerprint density at radius 2 is 1.74 bits per heavy atom. The lowest BCUT2D eigenvalue weighted by atomic mass is 10.1. The number of halogens is 3. The Kier molecular flexibility index (Phi) is 4.81. The van der Waals surface area contributed by atoms with E-state index >= 15 is 0 Å². The van der Waals surface area contributed by atoms with E-state index in [9.17, 15) is 0 Å². The molecular formula is C13H11Br2ClO3. The summed E-state index contributed by atoms with van der Waals surface area (Å²) < 4.78 is 17.2. The van der Waals surface area contributed by atoms with E-state index in [-0.39, 0.29) is 5.38 Å². The van der Waals surface area contributed by atoms with Crippen LogP contribution in [0.25, 0.3) is 0 Å². The molecule has 6 heteroatoms. The molecule has 0 bridgehead atoms. The van der Waals surface area contributed by atoms with Gasteiger partial charge in [-0.1, -0.05) is 15.9 Å². The Bertz CT molecular complexity index is 583. The fraction of sp³-hybridized carbons (Fsp3) is 0.231. The van der Waals surface area contributed by atoms with E-state index in [1.165, 1.54) is 0 Å². The summed E-state index contributed by atoms with van der Waals surface area (Å²) in [5, 5.41) is -0.359. The molecule has 0 N–H and O–H groups in total. The molecule has 102 valence electrons. The number of hydrogen-bond donors (Lipinski definition) is 0. The maximum Gasteiger partial charge on any atom is 0.173 e. The van der Waals surface area contributed by atoms with Crippen molar-refractivity contribution >= 4 is 43.5 Å². The first kappa shape index (κ1) is 14.8. The molecule has 1 atom stereocenters. The smallest absolute Gasteiger partial charge is 0.173 e. The van der Waals surface area contributed by atoms with Crippen molar-refractivity contribution in [2.75, 3.05) is 14.2 Å². The minimum Gasteiger partial charge on any atom is -0.493 e. The number of hydrogen-bond acceptors (Lipinski definition) is 3. The van der Waals surface area contributed by atoms with Crippen molar-refractivity contribution < 1.29 is 13.9 Å². The van der Waals surface area contributed by atoms with Crippen LogP contribution in [0.5, 0.6) is 11.5 Å². The van der Waals surface area contributed by atoms with E-state index in [0.29, 0.717) is 16.2 Å². The van der Waals surface area contributed by atoms with Gasteiger partial charge < -0.3 is 13.9 Å². The molecular weight excluding hydrogens is 399 g/mol. The monoisotopic (exact) mass is 408 g/mol. The van der Waals surface area contributed by atoms with Gasteiger partial charge in [0.1, 0.15) is 0 Å².